The highest BCUT2D eigenvalue weighted by Crippen LogP contribution is 2.24. The fraction of sp³-hybridized carbons (Fsp3) is 0.429. The Kier molecular flexibility index (Phi) is 3.55. The lowest BCUT2D eigenvalue weighted by atomic mass is 9.86. The summed E-state index contributed by atoms with van der Waals surface area (Å²) in [5, 5.41) is 19.3. The smallest absolute Gasteiger partial charge is 0.306 e. The summed E-state index contributed by atoms with van der Waals surface area (Å²) >= 11 is 0. The lowest BCUT2D eigenvalue weighted by Crippen LogP contribution is -2.39. The Morgan fingerprint density at radius 2 is 2.00 bits per heavy atom. The van der Waals surface area contributed by atoms with Crippen LogP contribution in [0.2, 0.25) is 0 Å². The number of amides is 1. The van der Waals surface area contributed by atoms with Gasteiger partial charge in [-0.2, -0.15) is 5.10 Å². The molecule has 0 saturated heterocycles. The predicted molar refractivity (Wildman–Crippen MR) is 74.7 cm³/mol. The first-order valence-electron chi connectivity index (χ1n) is 6.97. The number of pyridine rings is 1. The minimum absolute atomic E-state index is 0.0207. The van der Waals surface area contributed by atoms with Gasteiger partial charge in [-0.3, -0.25) is 14.7 Å². The van der Waals surface area contributed by atoms with Crippen LogP contribution in [0.3, 0.4) is 0 Å². The molecule has 3 N–H and O–H groups in total. The number of rotatable bonds is 3. The molecule has 1 fully saturated rings. The monoisotopic (exact) mass is 288 g/mol. The average Bonchev–Trinajstić information content (AvgIpc) is 2.95. The van der Waals surface area contributed by atoms with Gasteiger partial charge in [-0.1, -0.05) is 0 Å². The molecule has 1 aliphatic carbocycles. The number of aromatic nitrogens is 3. The fourth-order valence-corrected chi connectivity index (χ4v) is 2.70. The molecular weight excluding hydrogens is 272 g/mol. The van der Waals surface area contributed by atoms with Crippen molar-refractivity contribution < 1.29 is 14.7 Å². The zero-order chi connectivity index (χ0) is 14.8. The molecule has 110 valence electrons. The Morgan fingerprint density at radius 1 is 1.24 bits per heavy atom. The van der Waals surface area contributed by atoms with Gasteiger partial charge in [0.2, 0.25) is 0 Å². The number of carboxylic acids is 1. The van der Waals surface area contributed by atoms with Gasteiger partial charge >= 0.3 is 5.97 Å². The van der Waals surface area contributed by atoms with E-state index in [0.29, 0.717) is 37.0 Å². The largest absolute Gasteiger partial charge is 0.481 e. The summed E-state index contributed by atoms with van der Waals surface area (Å²) in [4.78, 5) is 27.3. The van der Waals surface area contributed by atoms with Gasteiger partial charge in [-0.05, 0) is 37.8 Å². The number of carboxylic acid groups (broad SMARTS) is 1. The number of aromatic amines is 1. The summed E-state index contributed by atoms with van der Waals surface area (Å²) in [5.74, 6) is -1.26. The van der Waals surface area contributed by atoms with Crippen molar-refractivity contribution in [1.82, 2.24) is 20.5 Å². The second kappa shape index (κ2) is 5.51. The van der Waals surface area contributed by atoms with Crippen molar-refractivity contribution in [2.24, 2.45) is 5.92 Å². The van der Waals surface area contributed by atoms with Gasteiger partial charge in [0.25, 0.3) is 5.91 Å². The molecule has 1 aliphatic rings. The Hall–Kier alpha value is -2.44. The number of hydrogen-bond acceptors (Lipinski definition) is 4. The van der Waals surface area contributed by atoms with Crippen molar-refractivity contribution >= 4 is 22.9 Å². The lowest BCUT2D eigenvalue weighted by molar-refractivity contribution is -0.142. The van der Waals surface area contributed by atoms with Gasteiger partial charge < -0.3 is 10.4 Å². The SMILES string of the molecule is O=C(NC1CCC(C(=O)O)CC1)c1ccc2cn[nH]c2n1. The van der Waals surface area contributed by atoms with E-state index >= 15 is 0 Å². The Balaban J connectivity index is 1.62. The lowest BCUT2D eigenvalue weighted by Gasteiger charge is -2.26. The number of hydrogen-bond donors (Lipinski definition) is 3. The highest BCUT2D eigenvalue weighted by Gasteiger charge is 2.27. The molecule has 1 saturated carbocycles. The van der Waals surface area contributed by atoms with Crippen LogP contribution in [-0.4, -0.2) is 38.2 Å². The maximum atomic E-state index is 12.2. The van der Waals surface area contributed by atoms with Crippen molar-refractivity contribution in [3.63, 3.8) is 0 Å². The van der Waals surface area contributed by atoms with Crippen LogP contribution < -0.4 is 5.32 Å². The van der Waals surface area contributed by atoms with Crippen LogP contribution in [-0.2, 0) is 4.79 Å². The summed E-state index contributed by atoms with van der Waals surface area (Å²) in [6, 6.07) is 3.48. The molecule has 7 heteroatoms. The number of carbonyl (C=O) groups is 2. The molecule has 0 aliphatic heterocycles. The van der Waals surface area contributed by atoms with Crippen LogP contribution in [0.1, 0.15) is 36.2 Å². The number of aliphatic carboxylic acids is 1. The first kappa shape index (κ1) is 13.5. The predicted octanol–water partition coefficient (Wildman–Crippen LogP) is 1.33. The number of H-pyrrole nitrogens is 1. The third-order valence-corrected chi connectivity index (χ3v) is 3.94. The van der Waals surface area contributed by atoms with Crippen molar-refractivity contribution in [3.8, 4) is 0 Å². The van der Waals surface area contributed by atoms with Crippen molar-refractivity contribution in [2.75, 3.05) is 0 Å². The second-order valence-electron chi connectivity index (χ2n) is 5.36. The third kappa shape index (κ3) is 2.86. The highest BCUT2D eigenvalue weighted by atomic mass is 16.4. The van der Waals surface area contributed by atoms with Crippen LogP contribution in [0, 0.1) is 5.92 Å². The summed E-state index contributed by atoms with van der Waals surface area (Å²) in [6.45, 7) is 0. The van der Waals surface area contributed by atoms with Crippen LogP contribution in [0.4, 0.5) is 0 Å². The van der Waals surface area contributed by atoms with E-state index < -0.39 is 5.97 Å². The molecule has 7 nitrogen and oxygen atoms in total. The van der Waals surface area contributed by atoms with Gasteiger partial charge in [0.1, 0.15) is 5.69 Å². The van der Waals surface area contributed by atoms with Crippen molar-refractivity contribution in [2.45, 2.75) is 31.7 Å². The van der Waals surface area contributed by atoms with Crippen LogP contribution >= 0.6 is 0 Å². The van der Waals surface area contributed by atoms with E-state index in [4.69, 9.17) is 5.11 Å². The standard InChI is InChI=1S/C14H16N4O3/c19-13(11-6-3-9-7-15-18-12(9)17-11)16-10-4-1-8(2-5-10)14(20)21/h3,6-8,10H,1-2,4-5H2,(H,16,19)(H,20,21)(H,15,17,18). The normalized spacial score (nSPS) is 22.1. The Bertz CT molecular complexity index is 674. The highest BCUT2D eigenvalue weighted by molar-refractivity contribution is 5.94. The second-order valence-corrected chi connectivity index (χ2v) is 5.36. The zero-order valence-corrected chi connectivity index (χ0v) is 11.4. The minimum atomic E-state index is -0.744. The molecule has 2 aromatic rings. The van der Waals surface area contributed by atoms with Gasteiger partial charge in [0.15, 0.2) is 5.65 Å². The molecule has 3 rings (SSSR count). The van der Waals surface area contributed by atoms with E-state index in [0.717, 1.165) is 5.39 Å². The molecule has 2 heterocycles. The maximum Gasteiger partial charge on any atom is 0.306 e. The number of nitrogens with one attached hydrogen (secondary N) is 2. The zero-order valence-electron chi connectivity index (χ0n) is 11.4. The maximum absolute atomic E-state index is 12.2. The summed E-state index contributed by atoms with van der Waals surface area (Å²) in [7, 11) is 0. The van der Waals surface area contributed by atoms with E-state index in [1.54, 1.807) is 18.3 Å². The number of nitrogens with zero attached hydrogens (tertiary/aromatic N) is 2. The summed E-state index contributed by atoms with van der Waals surface area (Å²) < 4.78 is 0. The fourth-order valence-electron chi connectivity index (χ4n) is 2.70. The van der Waals surface area contributed by atoms with Crippen molar-refractivity contribution in [3.05, 3.63) is 24.0 Å². The molecular formula is C14H16N4O3. The number of fused-ring (bicyclic) bond motifs is 1. The first-order chi connectivity index (χ1) is 10.1. The van der Waals surface area contributed by atoms with E-state index in [-0.39, 0.29) is 17.9 Å². The molecule has 0 spiro atoms. The van der Waals surface area contributed by atoms with Gasteiger partial charge in [-0.15, -0.1) is 0 Å². The minimum Gasteiger partial charge on any atom is -0.481 e. The van der Waals surface area contributed by atoms with Crippen molar-refractivity contribution in [1.29, 1.82) is 0 Å². The molecule has 0 unspecified atom stereocenters. The van der Waals surface area contributed by atoms with E-state index in [2.05, 4.69) is 20.5 Å². The van der Waals surface area contributed by atoms with E-state index in [1.165, 1.54) is 0 Å². The van der Waals surface area contributed by atoms with Gasteiger partial charge in [0, 0.05) is 11.4 Å². The summed E-state index contributed by atoms with van der Waals surface area (Å²) in [6.07, 6.45) is 4.24. The van der Waals surface area contributed by atoms with E-state index in [9.17, 15) is 9.59 Å². The molecule has 0 aromatic carbocycles. The average molecular weight is 288 g/mol. The molecule has 21 heavy (non-hydrogen) atoms. The van der Waals surface area contributed by atoms with Crippen LogP contribution in [0.15, 0.2) is 18.3 Å². The summed E-state index contributed by atoms with van der Waals surface area (Å²) in [5.41, 5.74) is 0.921. The van der Waals surface area contributed by atoms with Gasteiger partial charge in [-0.25, -0.2) is 4.98 Å². The van der Waals surface area contributed by atoms with E-state index in [1.807, 2.05) is 0 Å². The first-order valence-corrected chi connectivity index (χ1v) is 6.97. The Labute approximate surface area is 120 Å². The molecule has 0 bridgehead atoms. The molecule has 0 atom stereocenters. The van der Waals surface area contributed by atoms with Gasteiger partial charge in [0.05, 0.1) is 12.1 Å². The third-order valence-electron chi connectivity index (χ3n) is 3.94. The Morgan fingerprint density at radius 3 is 2.71 bits per heavy atom. The molecule has 0 radical (unpaired) electrons. The van der Waals surface area contributed by atoms with Crippen LogP contribution in [0.25, 0.3) is 11.0 Å². The van der Waals surface area contributed by atoms with Crippen LogP contribution in [0.5, 0.6) is 0 Å². The topological polar surface area (TPSA) is 108 Å². The molecule has 1 amide bonds. The quantitative estimate of drug-likeness (QED) is 0.789. The molecule has 2 aromatic heterocycles. The number of carbonyl (C=O) groups excluding carboxylic acids is 1.